The van der Waals surface area contributed by atoms with Gasteiger partial charge in [-0.15, -0.1) is 0 Å². The number of hydrogen-bond acceptors (Lipinski definition) is 2. The molecule has 0 heterocycles. The molecule has 4 rings (SSSR count). The van der Waals surface area contributed by atoms with Crippen molar-refractivity contribution in [3.8, 4) is 0 Å². The summed E-state index contributed by atoms with van der Waals surface area (Å²) in [6.45, 7) is 4.28. The Morgan fingerprint density at radius 2 is 1.78 bits per heavy atom. The number of carbonyl (C=O) groups is 2. The molecule has 4 aliphatic rings. The Morgan fingerprint density at radius 1 is 0.957 bits per heavy atom. The normalized spacial score (nSPS) is 52.2. The number of aldehydes is 1. The molecule has 0 radical (unpaired) electrons. The number of hydrogen-bond donors (Lipinski definition) is 0. The van der Waals surface area contributed by atoms with Crippen LogP contribution in [0.2, 0.25) is 0 Å². The summed E-state index contributed by atoms with van der Waals surface area (Å²) >= 11 is 0. The van der Waals surface area contributed by atoms with Crippen molar-refractivity contribution in [2.75, 3.05) is 0 Å². The fourth-order valence-corrected chi connectivity index (χ4v) is 7.83. The van der Waals surface area contributed by atoms with Gasteiger partial charge in [0.15, 0.2) is 0 Å². The molecule has 0 saturated heterocycles. The lowest BCUT2D eigenvalue weighted by Crippen LogP contribution is -2.54. The number of rotatable bonds is 2. The Bertz CT molecular complexity index is 512. The molecule has 128 valence electrons. The van der Waals surface area contributed by atoms with Crippen LogP contribution in [0.25, 0.3) is 0 Å². The molecule has 4 saturated carbocycles. The van der Waals surface area contributed by atoms with Gasteiger partial charge >= 0.3 is 0 Å². The Labute approximate surface area is 140 Å². The third-order valence-electron chi connectivity index (χ3n) is 8.88. The van der Waals surface area contributed by atoms with Crippen molar-refractivity contribution in [2.45, 2.75) is 78.1 Å². The van der Waals surface area contributed by atoms with E-state index in [2.05, 4.69) is 6.92 Å². The van der Waals surface area contributed by atoms with E-state index >= 15 is 0 Å². The van der Waals surface area contributed by atoms with E-state index in [1.807, 2.05) is 0 Å². The third kappa shape index (κ3) is 2.05. The van der Waals surface area contributed by atoms with E-state index in [4.69, 9.17) is 0 Å². The lowest BCUT2D eigenvalue weighted by Gasteiger charge is -2.60. The zero-order chi connectivity index (χ0) is 16.2. The van der Waals surface area contributed by atoms with E-state index in [1.165, 1.54) is 51.2 Å². The maximum absolute atomic E-state index is 12.2. The first-order valence-electron chi connectivity index (χ1n) is 10.00. The summed E-state index contributed by atoms with van der Waals surface area (Å²) in [5.74, 6) is 3.21. The second-order valence-corrected chi connectivity index (χ2v) is 9.41. The van der Waals surface area contributed by atoms with Gasteiger partial charge in [-0.2, -0.15) is 0 Å². The summed E-state index contributed by atoms with van der Waals surface area (Å²) in [6.07, 6.45) is 13.8. The molecule has 0 aromatic heterocycles. The van der Waals surface area contributed by atoms with Crippen LogP contribution in [0.3, 0.4) is 0 Å². The van der Waals surface area contributed by atoms with E-state index in [-0.39, 0.29) is 17.1 Å². The lowest BCUT2D eigenvalue weighted by atomic mass is 9.44. The predicted octanol–water partition coefficient (Wildman–Crippen LogP) is 4.80. The average molecular weight is 316 g/mol. The van der Waals surface area contributed by atoms with Crippen molar-refractivity contribution in [2.24, 2.45) is 40.4 Å². The molecule has 1 unspecified atom stereocenters. The summed E-state index contributed by atoms with van der Waals surface area (Å²) in [5, 5.41) is 0. The van der Waals surface area contributed by atoms with Crippen LogP contribution in [-0.2, 0) is 9.59 Å². The SMILES string of the molecule is CC(=O)[C@H]1CC[C@H]2[C@@H]3CCC4CCCC[C@]4(C)[C@H]3CC[C@]12C=O. The quantitative estimate of drug-likeness (QED) is 0.686. The molecule has 2 nitrogen and oxygen atoms in total. The Morgan fingerprint density at radius 3 is 2.52 bits per heavy atom. The molecule has 4 fully saturated rings. The summed E-state index contributed by atoms with van der Waals surface area (Å²) in [7, 11) is 0. The van der Waals surface area contributed by atoms with Crippen LogP contribution in [0.1, 0.15) is 78.1 Å². The summed E-state index contributed by atoms with van der Waals surface area (Å²) in [6, 6.07) is 0. The van der Waals surface area contributed by atoms with E-state index in [0.29, 0.717) is 17.3 Å². The van der Waals surface area contributed by atoms with E-state index < -0.39 is 0 Å². The average Bonchev–Trinajstić information content (AvgIpc) is 2.94. The topological polar surface area (TPSA) is 34.1 Å². The van der Waals surface area contributed by atoms with Crippen LogP contribution < -0.4 is 0 Å². The molecular formula is C21H32O2. The lowest BCUT2D eigenvalue weighted by molar-refractivity contribution is -0.146. The Balaban J connectivity index is 1.67. The number of carbonyl (C=O) groups excluding carboxylic acids is 2. The minimum Gasteiger partial charge on any atom is -0.303 e. The van der Waals surface area contributed by atoms with Gasteiger partial charge in [0.2, 0.25) is 0 Å². The molecule has 0 spiro atoms. The first kappa shape index (κ1) is 15.8. The highest BCUT2D eigenvalue weighted by Crippen LogP contribution is 2.67. The molecular weight excluding hydrogens is 284 g/mol. The van der Waals surface area contributed by atoms with Gasteiger partial charge < -0.3 is 4.79 Å². The second kappa shape index (κ2) is 5.43. The molecule has 0 aromatic carbocycles. The van der Waals surface area contributed by atoms with Crippen LogP contribution in [-0.4, -0.2) is 12.1 Å². The zero-order valence-electron chi connectivity index (χ0n) is 14.9. The molecule has 4 aliphatic carbocycles. The molecule has 2 heteroatoms. The third-order valence-corrected chi connectivity index (χ3v) is 8.88. The maximum atomic E-state index is 12.2. The maximum Gasteiger partial charge on any atom is 0.133 e. The number of Topliss-reactive ketones (excluding diaryl/α,β-unsaturated/α-hetero) is 1. The first-order valence-corrected chi connectivity index (χ1v) is 10.00. The monoisotopic (exact) mass is 316 g/mol. The molecule has 0 aromatic rings. The van der Waals surface area contributed by atoms with Crippen molar-refractivity contribution in [1.82, 2.24) is 0 Å². The van der Waals surface area contributed by atoms with Crippen LogP contribution in [0.15, 0.2) is 0 Å². The number of fused-ring (bicyclic) bond motifs is 5. The summed E-state index contributed by atoms with van der Waals surface area (Å²) < 4.78 is 0. The molecule has 23 heavy (non-hydrogen) atoms. The van der Waals surface area contributed by atoms with Crippen molar-refractivity contribution in [3.63, 3.8) is 0 Å². The molecule has 0 N–H and O–H groups in total. The van der Waals surface area contributed by atoms with Crippen molar-refractivity contribution >= 4 is 12.1 Å². The van der Waals surface area contributed by atoms with Crippen molar-refractivity contribution < 1.29 is 9.59 Å². The molecule has 0 amide bonds. The van der Waals surface area contributed by atoms with Gasteiger partial charge in [0, 0.05) is 11.3 Å². The van der Waals surface area contributed by atoms with Gasteiger partial charge in [0.25, 0.3) is 0 Å². The fraction of sp³-hybridized carbons (Fsp3) is 0.905. The second-order valence-electron chi connectivity index (χ2n) is 9.41. The minimum atomic E-state index is -0.301. The standard InChI is InChI=1S/C21H32O2/c1-14(23)17-8-9-19-16-7-6-15-5-3-4-11-20(15,2)18(16)10-12-21(17,19)13-22/h13,15-19H,3-12H2,1-2H3/t15?,16-,17-,18+,19+,20+,21+/m1/s1. The van der Waals surface area contributed by atoms with Gasteiger partial charge in [0.1, 0.15) is 12.1 Å². The zero-order valence-corrected chi connectivity index (χ0v) is 14.9. The molecule has 7 atom stereocenters. The number of ketones is 1. The summed E-state index contributed by atoms with van der Waals surface area (Å²) in [4.78, 5) is 24.3. The van der Waals surface area contributed by atoms with E-state index in [9.17, 15) is 9.59 Å². The van der Waals surface area contributed by atoms with Gasteiger partial charge in [-0.25, -0.2) is 0 Å². The van der Waals surface area contributed by atoms with Crippen LogP contribution in [0, 0.1) is 40.4 Å². The van der Waals surface area contributed by atoms with Crippen molar-refractivity contribution in [3.05, 3.63) is 0 Å². The van der Waals surface area contributed by atoms with Gasteiger partial charge in [0.05, 0.1) is 0 Å². The van der Waals surface area contributed by atoms with Gasteiger partial charge in [-0.3, -0.25) is 4.79 Å². The van der Waals surface area contributed by atoms with Crippen LogP contribution >= 0.6 is 0 Å². The van der Waals surface area contributed by atoms with E-state index in [1.54, 1.807) is 6.92 Å². The van der Waals surface area contributed by atoms with Crippen molar-refractivity contribution in [1.29, 1.82) is 0 Å². The predicted molar refractivity (Wildman–Crippen MR) is 90.9 cm³/mol. The summed E-state index contributed by atoms with van der Waals surface area (Å²) in [5.41, 5.74) is 0.218. The largest absolute Gasteiger partial charge is 0.303 e. The highest BCUT2D eigenvalue weighted by molar-refractivity contribution is 5.84. The highest BCUT2D eigenvalue weighted by Gasteiger charge is 2.62. The van der Waals surface area contributed by atoms with Crippen LogP contribution in [0.4, 0.5) is 0 Å². The first-order chi connectivity index (χ1) is 11.0. The van der Waals surface area contributed by atoms with Gasteiger partial charge in [-0.1, -0.05) is 19.8 Å². The smallest absolute Gasteiger partial charge is 0.133 e. The van der Waals surface area contributed by atoms with Gasteiger partial charge in [-0.05, 0) is 87.4 Å². The Hall–Kier alpha value is -0.660. The fourth-order valence-electron chi connectivity index (χ4n) is 7.83. The molecule has 0 aliphatic heterocycles. The van der Waals surface area contributed by atoms with E-state index in [0.717, 1.165) is 31.1 Å². The highest BCUT2D eigenvalue weighted by atomic mass is 16.1. The Kier molecular flexibility index (Phi) is 3.74. The minimum absolute atomic E-state index is 0.0165. The molecule has 0 bridgehead atoms. The van der Waals surface area contributed by atoms with Crippen LogP contribution in [0.5, 0.6) is 0 Å².